The lowest BCUT2D eigenvalue weighted by Crippen LogP contribution is -2.33. The van der Waals surface area contributed by atoms with Crippen molar-refractivity contribution >= 4 is 39.5 Å². The summed E-state index contributed by atoms with van der Waals surface area (Å²) in [5.74, 6) is 1.03. The Morgan fingerprint density at radius 2 is 2.03 bits per heavy atom. The highest BCUT2D eigenvalue weighted by atomic mass is 127. The Balaban J connectivity index is 1.96. The van der Waals surface area contributed by atoms with Crippen LogP contribution in [0.1, 0.15) is 49.8 Å². The molecular weight excluding hydrogens is 480 g/mol. The van der Waals surface area contributed by atoms with Crippen LogP contribution in [0.15, 0.2) is 42.5 Å². The first-order chi connectivity index (χ1) is 13.9. The lowest BCUT2D eigenvalue weighted by molar-refractivity contribution is 0.0729. The van der Waals surface area contributed by atoms with Crippen LogP contribution >= 0.6 is 22.6 Å². The van der Waals surface area contributed by atoms with Crippen LogP contribution < -0.4 is 0 Å². The number of carbonyl (C=O) groups is 1. The zero-order valence-corrected chi connectivity index (χ0v) is 19.3. The van der Waals surface area contributed by atoms with Crippen molar-refractivity contribution in [3.63, 3.8) is 0 Å². The van der Waals surface area contributed by atoms with Gasteiger partial charge in [0, 0.05) is 22.2 Å². The molecule has 0 unspecified atom stereocenters. The van der Waals surface area contributed by atoms with E-state index in [1.165, 1.54) is 12.1 Å². The monoisotopic (exact) mass is 507 g/mol. The minimum Gasteiger partial charge on any atom is -0.331 e. The summed E-state index contributed by atoms with van der Waals surface area (Å²) in [5, 5.41) is 0. The van der Waals surface area contributed by atoms with Crippen LogP contribution in [0.3, 0.4) is 0 Å². The van der Waals surface area contributed by atoms with Crippen LogP contribution in [0, 0.1) is 15.3 Å². The molecule has 0 aliphatic heterocycles. The zero-order chi connectivity index (χ0) is 21.0. The first kappa shape index (κ1) is 21.7. The SMILES string of the molecule is CCCn1c(CN(CCC(C)C)C(=O)c2cccc(I)c2)nc2ccc(F)cc21. The number of rotatable bonds is 8. The summed E-state index contributed by atoms with van der Waals surface area (Å²) in [6.45, 7) is 8.21. The second-order valence-corrected chi connectivity index (χ2v) is 8.98. The highest BCUT2D eigenvalue weighted by Crippen LogP contribution is 2.21. The van der Waals surface area contributed by atoms with Gasteiger partial charge in [0.05, 0.1) is 17.6 Å². The fourth-order valence-electron chi connectivity index (χ4n) is 3.38. The molecule has 29 heavy (non-hydrogen) atoms. The summed E-state index contributed by atoms with van der Waals surface area (Å²) in [6.07, 6.45) is 1.82. The molecule has 0 N–H and O–H groups in total. The minimum absolute atomic E-state index is 0.00505. The van der Waals surface area contributed by atoms with Gasteiger partial charge in [-0.25, -0.2) is 9.37 Å². The molecular formula is C23H27FIN3O. The third-order valence-corrected chi connectivity index (χ3v) is 5.57. The number of carbonyl (C=O) groups excluding carboxylic acids is 1. The Bertz CT molecular complexity index is 999. The summed E-state index contributed by atoms with van der Waals surface area (Å²) in [4.78, 5) is 19.9. The number of fused-ring (bicyclic) bond motifs is 1. The van der Waals surface area contributed by atoms with Crippen LogP contribution in [-0.4, -0.2) is 26.9 Å². The molecule has 3 rings (SSSR count). The molecule has 0 fully saturated rings. The molecule has 0 radical (unpaired) electrons. The number of benzene rings is 2. The highest BCUT2D eigenvalue weighted by Gasteiger charge is 2.20. The van der Waals surface area contributed by atoms with E-state index in [0.29, 0.717) is 24.6 Å². The topological polar surface area (TPSA) is 38.1 Å². The summed E-state index contributed by atoms with van der Waals surface area (Å²) < 4.78 is 16.9. The van der Waals surface area contributed by atoms with Crippen molar-refractivity contribution in [1.82, 2.24) is 14.5 Å². The van der Waals surface area contributed by atoms with Gasteiger partial charge >= 0.3 is 0 Å². The molecule has 0 atom stereocenters. The van der Waals surface area contributed by atoms with Crippen molar-refractivity contribution in [3.8, 4) is 0 Å². The van der Waals surface area contributed by atoms with E-state index < -0.39 is 0 Å². The smallest absolute Gasteiger partial charge is 0.254 e. The van der Waals surface area contributed by atoms with Crippen molar-refractivity contribution in [1.29, 1.82) is 0 Å². The van der Waals surface area contributed by atoms with Gasteiger partial charge in [-0.2, -0.15) is 0 Å². The number of hydrogen-bond donors (Lipinski definition) is 0. The number of nitrogens with zero attached hydrogens (tertiary/aromatic N) is 3. The molecule has 0 saturated heterocycles. The van der Waals surface area contributed by atoms with E-state index in [0.717, 1.165) is 39.8 Å². The van der Waals surface area contributed by atoms with Crippen LogP contribution in [-0.2, 0) is 13.1 Å². The fourth-order valence-corrected chi connectivity index (χ4v) is 3.92. The van der Waals surface area contributed by atoms with Gasteiger partial charge in [-0.1, -0.05) is 26.8 Å². The van der Waals surface area contributed by atoms with Gasteiger partial charge < -0.3 is 9.47 Å². The Morgan fingerprint density at radius 3 is 2.72 bits per heavy atom. The molecule has 6 heteroatoms. The van der Waals surface area contributed by atoms with Gasteiger partial charge in [-0.3, -0.25) is 4.79 Å². The van der Waals surface area contributed by atoms with Crippen molar-refractivity contribution in [2.45, 2.75) is 46.7 Å². The van der Waals surface area contributed by atoms with Gasteiger partial charge in [-0.05, 0) is 77.7 Å². The van der Waals surface area contributed by atoms with Crippen molar-refractivity contribution in [2.24, 2.45) is 5.92 Å². The van der Waals surface area contributed by atoms with Gasteiger partial charge in [0.25, 0.3) is 5.91 Å². The molecule has 1 aromatic heterocycles. The number of imidazole rings is 1. The van der Waals surface area contributed by atoms with E-state index in [1.54, 1.807) is 6.07 Å². The van der Waals surface area contributed by atoms with Gasteiger partial charge in [0.15, 0.2) is 0 Å². The minimum atomic E-state index is -0.270. The van der Waals surface area contributed by atoms with E-state index >= 15 is 0 Å². The lowest BCUT2D eigenvalue weighted by atomic mass is 10.1. The van der Waals surface area contributed by atoms with E-state index in [2.05, 4.69) is 43.4 Å². The molecule has 4 nitrogen and oxygen atoms in total. The Hall–Kier alpha value is -1.96. The second kappa shape index (κ2) is 9.69. The predicted molar refractivity (Wildman–Crippen MR) is 123 cm³/mol. The third-order valence-electron chi connectivity index (χ3n) is 4.90. The number of amides is 1. The molecule has 2 aromatic carbocycles. The predicted octanol–water partition coefficient (Wildman–Crippen LogP) is 5.88. The van der Waals surface area contributed by atoms with Crippen LogP contribution in [0.25, 0.3) is 11.0 Å². The Labute approximate surface area is 185 Å². The molecule has 0 bridgehead atoms. The number of hydrogen-bond acceptors (Lipinski definition) is 2. The Morgan fingerprint density at radius 1 is 1.24 bits per heavy atom. The molecule has 1 amide bonds. The van der Waals surface area contributed by atoms with Crippen molar-refractivity contribution in [2.75, 3.05) is 6.54 Å². The van der Waals surface area contributed by atoms with Gasteiger partial charge in [0.2, 0.25) is 0 Å². The maximum Gasteiger partial charge on any atom is 0.254 e. The number of halogens is 2. The summed E-state index contributed by atoms with van der Waals surface area (Å²) in [6, 6.07) is 12.3. The molecule has 1 heterocycles. The molecule has 0 saturated carbocycles. The quantitative estimate of drug-likeness (QED) is 0.358. The molecule has 0 spiro atoms. The Kier molecular flexibility index (Phi) is 7.27. The second-order valence-electron chi connectivity index (χ2n) is 7.73. The zero-order valence-electron chi connectivity index (χ0n) is 17.2. The van der Waals surface area contributed by atoms with E-state index in [9.17, 15) is 9.18 Å². The normalized spacial score (nSPS) is 11.4. The van der Waals surface area contributed by atoms with Crippen LogP contribution in [0.4, 0.5) is 4.39 Å². The first-order valence-corrected chi connectivity index (χ1v) is 11.2. The maximum absolute atomic E-state index is 13.8. The summed E-state index contributed by atoms with van der Waals surface area (Å²) in [7, 11) is 0. The summed E-state index contributed by atoms with van der Waals surface area (Å²) >= 11 is 2.22. The largest absolute Gasteiger partial charge is 0.331 e. The standard InChI is InChI=1S/C23H27FIN3O/c1-4-11-28-21-14-18(24)8-9-20(21)26-22(28)15-27(12-10-16(2)3)23(29)17-6-5-7-19(25)13-17/h5-9,13-14,16H,4,10-12,15H2,1-3H3. The van der Waals surface area contributed by atoms with E-state index in [4.69, 9.17) is 4.98 Å². The summed E-state index contributed by atoms with van der Waals surface area (Å²) in [5.41, 5.74) is 2.23. The van der Waals surface area contributed by atoms with E-state index in [1.807, 2.05) is 33.7 Å². The number of aryl methyl sites for hydroxylation is 1. The van der Waals surface area contributed by atoms with Crippen molar-refractivity contribution in [3.05, 3.63) is 63.2 Å². The van der Waals surface area contributed by atoms with Crippen molar-refractivity contribution < 1.29 is 9.18 Å². The highest BCUT2D eigenvalue weighted by molar-refractivity contribution is 14.1. The molecule has 0 aliphatic carbocycles. The molecule has 154 valence electrons. The maximum atomic E-state index is 13.8. The lowest BCUT2D eigenvalue weighted by Gasteiger charge is -2.24. The van der Waals surface area contributed by atoms with Crippen LogP contribution in [0.2, 0.25) is 0 Å². The molecule has 0 aliphatic rings. The average Bonchev–Trinajstić information content (AvgIpc) is 3.01. The van der Waals surface area contributed by atoms with Crippen LogP contribution in [0.5, 0.6) is 0 Å². The molecule has 3 aromatic rings. The number of aromatic nitrogens is 2. The third kappa shape index (κ3) is 5.35. The first-order valence-electron chi connectivity index (χ1n) is 10.1. The average molecular weight is 507 g/mol. The van der Waals surface area contributed by atoms with Gasteiger partial charge in [-0.15, -0.1) is 0 Å². The van der Waals surface area contributed by atoms with Gasteiger partial charge in [0.1, 0.15) is 11.6 Å². The van der Waals surface area contributed by atoms with E-state index in [-0.39, 0.29) is 11.7 Å². The fraction of sp³-hybridized carbons (Fsp3) is 0.391.